The van der Waals surface area contributed by atoms with Crippen LogP contribution >= 0.6 is 0 Å². The van der Waals surface area contributed by atoms with Gasteiger partial charge >= 0.3 is 0 Å². The lowest BCUT2D eigenvalue weighted by Gasteiger charge is -2.31. The zero-order chi connectivity index (χ0) is 25.0. The number of aryl methyl sites for hydroxylation is 2. The van der Waals surface area contributed by atoms with E-state index in [1.807, 2.05) is 100 Å². The molecule has 0 saturated carbocycles. The van der Waals surface area contributed by atoms with Crippen molar-refractivity contribution in [3.05, 3.63) is 59.4 Å². The van der Waals surface area contributed by atoms with Crippen molar-refractivity contribution in [3.8, 4) is 5.75 Å². The van der Waals surface area contributed by atoms with Crippen LogP contribution in [0.15, 0.2) is 42.5 Å². The summed E-state index contributed by atoms with van der Waals surface area (Å²) in [5.74, 6) is 1.11. The Hall–Kier alpha value is -3.35. The van der Waals surface area contributed by atoms with Crippen LogP contribution in [-0.4, -0.2) is 45.0 Å². The van der Waals surface area contributed by atoms with Crippen molar-refractivity contribution >= 4 is 22.8 Å². The average Bonchev–Trinajstić information content (AvgIpc) is 3.12. The van der Waals surface area contributed by atoms with Gasteiger partial charge in [0, 0.05) is 12.1 Å². The van der Waals surface area contributed by atoms with E-state index in [1.54, 1.807) is 0 Å². The lowest BCUT2D eigenvalue weighted by atomic mass is 10.1. The number of hydrogen-bond acceptors (Lipinski definition) is 4. The van der Waals surface area contributed by atoms with Gasteiger partial charge in [-0.05, 0) is 77.8 Å². The minimum absolute atomic E-state index is 0.0196. The molecule has 1 N–H and O–H groups in total. The van der Waals surface area contributed by atoms with Gasteiger partial charge in [-0.3, -0.25) is 9.59 Å². The SMILES string of the molecule is Cc1ccc(C)c(OCC(=O)NC(C)c2nc3ccccc3n2CC(=O)N(C(C)C)C(C)C)c1. The van der Waals surface area contributed by atoms with E-state index in [0.29, 0.717) is 11.6 Å². The Labute approximate surface area is 202 Å². The first kappa shape index (κ1) is 25.3. The van der Waals surface area contributed by atoms with Crippen molar-refractivity contribution < 1.29 is 14.3 Å². The third kappa shape index (κ3) is 5.76. The number of imidazole rings is 1. The monoisotopic (exact) mass is 464 g/mol. The molecule has 34 heavy (non-hydrogen) atoms. The van der Waals surface area contributed by atoms with Crippen molar-refractivity contribution in [1.29, 1.82) is 0 Å². The van der Waals surface area contributed by atoms with Crippen LogP contribution in [-0.2, 0) is 16.1 Å². The highest BCUT2D eigenvalue weighted by Crippen LogP contribution is 2.22. The summed E-state index contributed by atoms with van der Waals surface area (Å²) in [6.07, 6.45) is 0. The van der Waals surface area contributed by atoms with E-state index < -0.39 is 6.04 Å². The zero-order valence-corrected chi connectivity index (χ0v) is 21.3. The highest BCUT2D eigenvalue weighted by molar-refractivity contribution is 5.82. The fourth-order valence-corrected chi connectivity index (χ4v) is 4.33. The number of nitrogens with zero attached hydrogens (tertiary/aromatic N) is 3. The normalized spacial score (nSPS) is 12.3. The molecule has 1 unspecified atom stereocenters. The van der Waals surface area contributed by atoms with Crippen molar-refractivity contribution in [2.45, 2.75) is 73.1 Å². The molecule has 182 valence electrons. The van der Waals surface area contributed by atoms with Crippen LogP contribution in [0.4, 0.5) is 0 Å². The van der Waals surface area contributed by atoms with Gasteiger partial charge in [-0.2, -0.15) is 0 Å². The Balaban J connectivity index is 1.79. The Bertz CT molecular complexity index is 1160. The lowest BCUT2D eigenvalue weighted by Crippen LogP contribution is -2.44. The van der Waals surface area contributed by atoms with Gasteiger partial charge in [-0.15, -0.1) is 0 Å². The minimum atomic E-state index is -0.401. The molecule has 7 heteroatoms. The Morgan fingerprint density at radius 3 is 2.38 bits per heavy atom. The summed E-state index contributed by atoms with van der Waals surface area (Å²) in [6.45, 7) is 13.9. The van der Waals surface area contributed by atoms with E-state index >= 15 is 0 Å². The van der Waals surface area contributed by atoms with Gasteiger partial charge in [-0.1, -0.05) is 24.3 Å². The quantitative estimate of drug-likeness (QED) is 0.504. The summed E-state index contributed by atoms with van der Waals surface area (Å²) in [4.78, 5) is 32.5. The predicted octanol–water partition coefficient (Wildman–Crippen LogP) is 4.55. The molecule has 0 spiro atoms. The lowest BCUT2D eigenvalue weighted by molar-refractivity contribution is -0.135. The molecule has 1 atom stereocenters. The fourth-order valence-electron chi connectivity index (χ4n) is 4.33. The van der Waals surface area contributed by atoms with Crippen molar-refractivity contribution in [2.75, 3.05) is 6.61 Å². The van der Waals surface area contributed by atoms with E-state index in [4.69, 9.17) is 9.72 Å². The second-order valence-electron chi connectivity index (χ2n) is 9.38. The minimum Gasteiger partial charge on any atom is -0.483 e. The van der Waals surface area contributed by atoms with Crippen LogP contribution in [0.5, 0.6) is 5.75 Å². The maximum atomic E-state index is 13.2. The molecule has 0 aliphatic heterocycles. The van der Waals surface area contributed by atoms with Gasteiger partial charge in [-0.25, -0.2) is 4.98 Å². The molecular weight excluding hydrogens is 428 g/mol. The van der Waals surface area contributed by atoms with Crippen LogP contribution in [0.1, 0.15) is 57.6 Å². The van der Waals surface area contributed by atoms with Gasteiger partial charge in [0.2, 0.25) is 5.91 Å². The zero-order valence-electron chi connectivity index (χ0n) is 21.3. The topological polar surface area (TPSA) is 76.5 Å². The van der Waals surface area contributed by atoms with Crippen molar-refractivity contribution in [3.63, 3.8) is 0 Å². The third-order valence-electron chi connectivity index (χ3n) is 5.85. The van der Waals surface area contributed by atoms with Gasteiger partial charge in [0.05, 0.1) is 17.1 Å². The summed E-state index contributed by atoms with van der Waals surface area (Å²) in [7, 11) is 0. The van der Waals surface area contributed by atoms with Gasteiger partial charge in [0.1, 0.15) is 18.1 Å². The molecule has 1 aromatic heterocycles. The number of ether oxygens (including phenoxy) is 1. The number of hydrogen-bond donors (Lipinski definition) is 1. The summed E-state index contributed by atoms with van der Waals surface area (Å²) in [5, 5.41) is 2.98. The molecule has 0 aliphatic carbocycles. The number of carbonyl (C=O) groups excluding carboxylic acids is 2. The predicted molar refractivity (Wildman–Crippen MR) is 135 cm³/mol. The van der Waals surface area contributed by atoms with E-state index in [-0.39, 0.29) is 37.0 Å². The molecule has 0 fully saturated rings. The maximum absolute atomic E-state index is 13.2. The first-order chi connectivity index (χ1) is 16.1. The molecule has 0 radical (unpaired) electrons. The molecule has 7 nitrogen and oxygen atoms in total. The molecule has 0 aliphatic rings. The Morgan fingerprint density at radius 1 is 1.03 bits per heavy atom. The van der Waals surface area contributed by atoms with Crippen LogP contribution in [0.25, 0.3) is 11.0 Å². The molecule has 3 aromatic rings. The number of fused-ring (bicyclic) bond motifs is 1. The molecule has 1 heterocycles. The van der Waals surface area contributed by atoms with E-state index in [0.717, 1.165) is 22.2 Å². The second-order valence-corrected chi connectivity index (χ2v) is 9.38. The number of nitrogens with one attached hydrogen (secondary N) is 1. The summed E-state index contributed by atoms with van der Waals surface area (Å²) in [6, 6.07) is 13.4. The second kappa shape index (κ2) is 10.7. The van der Waals surface area contributed by atoms with Crippen LogP contribution < -0.4 is 10.1 Å². The van der Waals surface area contributed by atoms with E-state index in [9.17, 15) is 9.59 Å². The third-order valence-corrected chi connectivity index (χ3v) is 5.85. The van der Waals surface area contributed by atoms with Gasteiger partial charge in [0.25, 0.3) is 5.91 Å². The fraction of sp³-hybridized carbons (Fsp3) is 0.444. The summed E-state index contributed by atoms with van der Waals surface area (Å²) >= 11 is 0. The van der Waals surface area contributed by atoms with Crippen LogP contribution in [0.3, 0.4) is 0 Å². The highest BCUT2D eigenvalue weighted by Gasteiger charge is 2.25. The van der Waals surface area contributed by atoms with Crippen molar-refractivity contribution in [1.82, 2.24) is 19.8 Å². The summed E-state index contributed by atoms with van der Waals surface area (Å²) < 4.78 is 7.66. The number of para-hydroxylation sites is 2. The molecule has 3 rings (SSSR count). The van der Waals surface area contributed by atoms with E-state index in [2.05, 4.69) is 5.32 Å². The Kier molecular flexibility index (Phi) is 7.97. The standard InChI is InChI=1S/C27H36N4O3/c1-17(2)31(18(3)4)26(33)15-30-23-11-9-8-10-22(23)29-27(30)21(7)28-25(32)16-34-24-14-19(5)12-13-20(24)6/h8-14,17-18,21H,15-16H2,1-7H3,(H,28,32). The smallest absolute Gasteiger partial charge is 0.258 e. The van der Waals surface area contributed by atoms with E-state index in [1.165, 1.54) is 0 Å². The molecular formula is C27H36N4O3. The highest BCUT2D eigenvalue weighted by atomic mass is 16.5. The molecule has 2 amide bonds. The number of aromatic nitrogens is 2. The molecule has 0 bridgehead atoms. The number of amides is 2. The van der Waals surface area contributed by atoms with Gasteiger partial charge < -0.3 is 19.5 Å². The first-order valence-corrected chi connectivity index (χ1v) is 11.8. The number of carbonyl (C=O) groups is 2. The van der Waals surface area contributed by atoms with Crippen LogP contribution in [0, 0.1) is 13.8 Å². The number of benzene rings is 2. The largest absolute Gasteiger partial charge is 0.483 e. The average molecular weight is 465 g/mol. The van der Waals surface area contributed by atoms with Crippen LogP contribution in [0.2, 0.25) is 0 Å². The molecule has 2 aromatic carbocycles. The maximum Gasteiger partial charge on any atom is 0.258 e. The number of rotatable bonds is 9. The summed E-state index contributed by atoms with van der Waals surface area (Å²) in [5.41, 5.74) is 3.71. The first-order valence-electron chi connectivity index (χ1n) is 11.8. The molecule has 0 saturated heterocycles. The van der Waals surface area contributed by atoms with Gasteiger partial charge in [0.15, 0.2) is 6.61 Å². The van der Waals surface area contributed by atoms with Crippen molar-refractivity contribution in [2.24, 2.45) is 0 Å². The Morgan fingerprint density at radius 2 is 1.71 bits per heavy atom.